The van der Waals surface area contributed by atoms with Gasteiger partial charge in [0.2, 0.25) is 0 Å². The minimum atomic E-state index is 0. The van der Waals surface area contributed by atoms with Gasteiger partial charge in [0.25, 0.3) is 0 Å². The van der Waals surface area contributed by atoms with Gasteiger partial charge in [-0.05, 0) is 0 Å². The molecule has 0 aromatic rings. The zero-order valence-corrected chi connectivity index (χ0v) is 11.2. The molecule has 0 aliphatic heterocycles. The molecule has 0 rings (SSSR count). The molecule has 0 unspecified atom stereocenters. The minimum absolute atomic E-state index is 0. The normalized spacial score (nSPS) is 0.571. The molecule has 0 spiro atoms. The summed E-state index contributed by atoms with van der Waals surface area (Å²) in [7, 11) is 0. The van der Waals surface area contributed by atoms with Crippen LogP contribution in [0, 0.1) is 0 Å². The molecule has 0 aromatic carbocycles. The van der Waals surface area contributed by atoms with Crippen LogP contribution in [-0.4, -0.2) is 6.79 Å². The topological polar surface area (TPSA) is 17.1 Å². The molecule has 0 radical (unpaired) electrons. The van der Waals surface area contributed by atoms with Crippen LogP contribution in [-0.2, 0) is 25.9 Å². The van der Waals surface area contributed by atoms with Gasteiger partial charge < -0.3 is 42.0 Å². The van der Waals surface area contributed by atoms with Crippen LogP contribution in [0.4, 0.5) is 0 Å². The fraction of sp³-hybridized carbons (Fsp3) is 0. The van der Waals surface area contributed by atoms with Crippen molar-refractivity contribution in [2.75, 3.05) is 0 Å². The van der Waals surface area contributed by atoms with Gasteiger partial charge in [0.1, 0.15) is 6.79 Å². The molecule has 0 amide bonds. The van der Waals surface area contributed by atoms with Crippen molar-refractivity contribution in [2.24, 2.45) is 0 Å². The Hall–Kier alpha value is 2.86. The molecule has 6 heteroatoms. The third-order valence-electron chi connectivity index (χ3n) is 0. The van der Waals surface area contributed by atoms with Gasteiger partial charge in [0.15, 0.2) is 0 Å². The van der Waals surface area contributed by atoms with Crippen molar-refractivity contribution in [2.45, 2.75) is 0 Å². The summed E-state index contributed by atoms with van der Waals surface area (Å²) in [5, 5.41) is 0. The van der Waals surface area contributed by atoms with Gasteiger partial charge >= 0.3 is 72.4 Å². The SMILES string of the molecule is C=O.[Cl-].[Cl-].[Cl-].[K+].[Pt+2]. The first-order valence-corrected chi connectivity index (χ1v) is 0.289. The van der Waals surface area contributed by atoms with Crippen LogP contribution < -0.4 is 88.6 Å². The molecular formula is CH2Cl3KOPt. The van der Waals surface area contributed by atoms with Gasteiger partial charge in [-0.2, -0.15) is 0 Å². The van der Waals surface area contributed by atoms with Gasteiger partial charge in [0.05, 0.1) is 0 Å². The van der Waals surface area contributed by atoms with Crippen molar-refractivity contribution < 1.29 is 114 Å². The molecule has 1 nitrogen and oxygen atoms in total. The van der Waals surface area contributed by atoms with E-state index in [0.29, 0.717) is 0 Å². The Labute approximate surface area is 119 Å². The second-order valence-corrected chi connectivity index (χ2v) is 0. The average Bonchev–Trinajstić information content (AvgIpc) is 1.00. The van der Waals surface area contributed by atoms with Gasteiger partial charge in [-0.15, -0.1) is 0 Å². The summed E-state index contributed by atoms with van der Waals surface area (Å²) >= 11 is 0. The number of carbonyl (C=O) groups excluding carboxylic acids is 1. The van der Waals surface area contributed by atoms with E-state index in [4.69, 9.17) is 4.79 Å². The van der Waals surface area contributed by atoms with Crippen molar-refractivity contribution in [3.8, 4) is 0 Å². The zero-order chi connectivity index (χ0) is 2.00. The quantitative estimate of drug-likeness (QED) is 0.387. The van der Waals surface area contributed by atoms with Crippen LogP contribution in [0.3, 0.4) is 0 Å². The summed E-state index contributed by atoms with van der Waals surface area (Å²) in [5.41, 5.74) is 0. The van der Waals surface area contributed by atoms with Gasteiger partial charge in [-0.1, -0.05) is 0 Å². The Morgan fingerprint density at radius 3 is 0.857 bits per heavy atom. The maximum absolute atomic E-state index is 8.00. The van der Waals surface area contributed by atoms with Crippen LogP contribution in [0.1, 0.15) is 0 Å². The fourth-order valence-corrected chi connectivity index (χ4v) is 0. The number of carbonyl (C=O) groups is 1. The van der Waals surface area contributed by atoms with Gasteiger partial charge in [-0.3, -0.25) is 0 Å². The third kappa shape index (κ3) is 50.9. The van der Waals surface area contributed by atoms with Crippen LogP contribution in [0.15, 0.2) is 0 Å². The van der Waals surface area contributed by atoms with Crippen LogP contribution in [0.5, 0.6) is 0 Å². The van der Waals surface area contributed by atoms with E-state index < -0.39 is 0 Å². The predicted octanol–water partition coefficient (Wildman–Crippen LogP) is -12.2. The van der Waals surface area contributed by atoms with Crippen LogP contribution >= 0.6 is 0 Å². The summed E-state index contributed by atoms with van der Waals surface area (Å²) in [6.45, 7) is 2.00. The second kappa shape index (κ2) is 66.8. The Kier molecular flexibility index (Phi) is 495. The Morgan fingerprint density at radius 1 is 0.857 bits per heavy atom. The average molecular weight is 371 g/mol. The molecule has 0 atom stereocenters. The molecule has 0 aromatic heterocycles. The molecule has 0 fully saturated rings. The summed E-state index contributed by atoms with van der Waals surface area (Å²) in [5.74, 6) is 0. The molecule has 44 valence electrons. The van der Waals surface area contributed by atoms with Crippen molar-refractivity contribution >= 4 is 6.79 Å². The second-order valence-electron chi connectivity index (χ2n) is 0. The predicted molar refractivity (Wildman–Crippen MR) is 7.12 cm³/mol. The van der Waals surface area contributed by atoms with Crippen molar-refractivity contribution in [1.29, 1.82) is 0 Å². The molecular weight excluding hydrogens is 369 g/mol. The molecule has 0 N–H and O–H groups in total. The first kappa shape index (κ1) is 51.9. The van der Waals surface area contributed by atoms with Crippen LogP contribution in [0.25, 0.3) is 0 Å². The first-order chi connectivity index (χ1) is 1.00. The van der Waals surface area contributed by atoms with Crippen molar-refractivity contribution in [3.05, 3.63) is 0 Å². The first-order valence-electron chi connectivity index (χ1n) is 0.289. The molecule has 0 saturated heterocycles. The van der Waals surface area contributed by atoms with Crippen molar-refractivity contribution in [3.63, 3.8) is 0 Å². The minimum Gasteiger partial charge on any atom is -1.00 e. The number of hydrogen-bond acceptors (Lipinski definition) is 1. The van der Waals surface area contributed by atoms with E-state index in [-0.39, 0.29) is 110 Å². The monoisotopic (exact) mass is 369 g/mol. The van der Waals surface area contributed by atoms with E-state index in [1.807, 2.05) is 6.79 Å². The maximum atomic E-state index is 8.00. The third-order valence-corrected chi connectivity index (χ3v) is 0. The zero-order valence-electron chi connectivity index (χ0n) is 3.57. The van der Waals surface area contributed by atoms with E-state index in [2.05, 4.69) is 0 Å². The Balaban J connectivity index is -0.000000000500. The van der Waals surface area contributed by atoms with E-state index in [1.165, 1.54) is 0 Å². The molecule has 0 aliphatic carbocycles. The number of halogens is 3. The van der Waals surface area contributed by atoms with E-state index >= 15 is 0 Å². The maximum Gasteiger partial charge on any atom is 2.00 e. The van der Waals surface area contributed by atoms with Crippen LogP contribution in [0.2, 0.25) is 0 Å². The standard InChI is InChI=1S/CH2O.3ClH.K.Pt/c1-2;;;;;/h1H2;3*1H;;/q;;;;+1;+2/p-3. The Bertz CT molecular complexity index is 14.9. The number of rotatable bonds is 0. The van der Waals surface area contributed by atoms with Crippen molar-refractivity contribution in [1.82, 2.24) is 0 Å². The smallest absolute Gasteiger partial charge is 1.00 e. The number of hydrogen-bond donors (Lipinski definition) is 0. The molecule has 0 heterocycles. The summed E-state index contributed by atoms with van der Waals surface area (Å²) in [6, 6.07) is 0. The molecule has 0 bridgehead atoms. The molecule has 0 aliphatic rings. The van der Waals surface area contributed by atoms with E-state index in [1.54, 1.807) is 0 Å². The largest absolute Gasteiger partial charge is 2.00 e. The van der Waals surface area contributed by atoms with E-state index in [0.717, 1.165) is 0 Å². The summed E-state index contributed by atoms with van der Waals surface area (Å²) in [6.07, 6.45) is 0. The van der Waals surface area contributed by atoms with Gasteiger partial charge in [-0.25, -0.2) is 0 Å². The summed E-state index contributed by atoms with van der Waals surface area (Å²) in [4.78, 5) is 8.00. The van der Waals surface area contributed by atoms with E-state index in [9.17, 15) is 0 Å². The Morgan fingerprint density at radius 2 is 0.857 bits per heavy atom. The fourth-order valence-electron chi connectivity index (χ4n) is 0. The summed E-state index contributed by atoms with van der Waals surface area (Å²) < 4.78 is 0. The molecule has 7 heavy (non-hydrogen) atoms. The van der Waals surface area contributed by atoms with Gasteiger partial charge in [0, 0.05) is 0 Å². The molecule has 0 saturated carbocycles.